The number of benzene rings is 3. The molecule has 0 aliphatic rings. The van der Waals surface area contributed by atoms with E-state index in [9.17, 15) is 22.4 Å². The van der Waals surface area contributed by atoms with E-state index in [1.54, 1.807) is 45.0 Å². The first-order valence-electron chi connectivity index (χ1n) is 12.4. The third kappa shape index (κ3) is 7.48. The maximum Gasteiger partial charge on any atom is 0.264 e. The number of carbonyl (C=O) groups is 2. The second kappa shape index (κ2) is 13.4. The van der Waals surface area contributed by atoms with Gasteiger partial charge in [0, 0.05) is 18.1 Å². The van der Waals surface area contributed by atoms with Crippen molar-refractivity contribution in [3.63, 3.8) is 0 Å². The van der Waals surface area contributed by atoms with Gasteiger partial charge in [0.1, 0.15) is 24.2 Å². The average molecular weight is 576 g/mol. The summed E-state index contributed by atoms with van der Waals surface area (Å²) < 4.78 is 47.9. The number of carbonyl (C=O) groups excluding carboxylic acids is 2. The molecule has 3 aromatic rings. The molecule has 0 aromatic heterocycles. The standard InChI is InChI=1S/C28H31ClFN3O5S/c1-4-31-28(35)20(3)32(18-21-10-14-23(30)15-11-21)27(34)19-33(25-8-6-7-9-26(25)38-5-2)39(36,37)24-16-12-22(29)13-17-24/h6-17,20H,4-5,18-19H2,1-3H3,(H,31,35)/t20-/m1/s1. The molecule has 0 aliphatic heterocycles. The molecule has 0 unspecified atom stereocenters. The largest absolute Gasteiger partial charge is 0.492 e. The van der Waals surface area contributed by atoms with Gasteiger partial charge in [0.05, 0.1) is 17.2 Å². The Morgan fingerprint density at radius 2 is 1.64 bits per heavy atom. The van der Waals surface area contributed by atoms with Gasteiger partial charge < -0.3 is 15.0 Å². The second-order valence-corrected chi connectivity index (χ2v) is 10.9. The summed E-state index contributed by atoms with van der Waals surface area (Å²) in [6, 6.07) is 16.7. The number of sulfonamides is 1. The molecule has 2 amide bonds. The minimum absolute atomic E-state index is 0.0423. The molecule has 0 aliphatic carbocycles. The van der Waals surface area contributed by atoms with Gasteiger partial charge in [0.2, 0.25) is 11.8 Å². The highest BCUT2D eigenvalue weighted by Gasteiger charge is 2.33. The summed E-state index contributed by atoms with van der Waals surface area (Å²) in [4.78, 5) is 27.8. The summed E-state index contributed by atoms with van der Waals surface area (Å²) in [6.07, 6.45) is 0. The second-order valence-electron chi connectivity index (χ2n) is 8.58. The van der Waals surface area contributed by atoms with Crippen molar-refractivity contribution < 1.29 is 27.1 Å². The van der Waals surface area contributed by atoms with E-state index in [0.29, 0.717) is 17.1 Å². The molecule has 0 saturated carbocycles. The number of nitrogens with one attached hydrogen (secondary N) is 1. The molecular formula is C28H31ClFN3O5S. The van der Waals surface area contributed by atoms with Crippen molar-refractivity contribution in [2.45, 2.75) is 38.3 Å². The molecular weight excluding hydrogens is 545 g/mol. The molecule has 0 spiro atoms. The van der Waals surface area contributed by atoms with Gasteiger partial charge in [0.15, 0.2) is 0 Å². The number of anilines is 1. The fourth-order valence-electron chi connectivity index (χ4n) is 3.88. The Kier molecular flexibility index (Phi) is 10.3. The number of para-hydroxylation sites is 2. The topological polar surface area (TPSA) is 96.0 Å². The molecule has 1 N–H and O–H groups in total. The summed E-state index contributed by atoms with van der Waals surface area (Å²) in [5, 5.41) is 3.04. The van der Waals surface area contributed by atoms with Crippen LogP contribution in [0.5, 0.6) is 5.75 Å². The molecule has 8 nitrogen and oxygen atoms in total. The fraction of sp³-hybridized carbons (Fsp3) is 0.286. The first kappa shape index (κ1) is 29.9. The lowest BCUT2D eigenvalue weighted by molar-refractivity contribution is -0.139. The number of amides is 2. The molecule has 208 valence electrons. The third-order valence-corrected chi connectivity index (χ3v) is 7.92. The SMILES string of the molecule is CCNC(=O)[C@@H](C)N(Cc1ccc(F)cc1)C(=O)CN(c1ccccc1OCC)S(=O)(=O)c1ccc(Cl)cc1. The highest BCUT2D eigenvalue weighted by molar-refractivity contribution is 7.92. The van der Waals surface area contributed by atoms with Crippen LogP contribution in [0.4, 0.5) is 10.1 Å². The van der Waals surface area contributed by atoms with Gasteiger partial charge in [-0.1, -0.05) is 35.9 Å². The quantitative estimate of drug-likeness (QED) is 0.340. The van der Waals surface area contributed by atoms with E-state index in [-0.39, 0.29) is 29.5 Å². The van der Waals surface area contributed by atoms with Gasteiger partial charge in [-0.2, -0.15) is 0 Å². The smallest absolute Gasteiger partial charge is 0.264 e. The van der Waals surface area contributed by atoms with E-state index in [0.717, 1.165) is 4.31 Å². The highest BCUT2D eigenvalue weighted by atomic mass is 35.5. The predicted octanol–water partition coefficient (Wildman–Crippen LogP) is 4.63. The van der Waals surface area contributed by atoms with Crippen molar-refractivity contribution in [3.8, 4) is 5.75 Å². The molecule has 3 rings (SSSR count). The summed E-state index contributed by atoms with van der Waals surface area (Å²) in [5.41, 5.74) is 0.734. The lowest BCUT2D eigenvalue weighted by Crippen LogP contribution is -2.51. The number of halogens is 2. The van der Waals surface area contributed by atoms with E-state index >= 15 is 0 Å². The molecule has 0 saturated heterocycles. The summed E-state index contributed by atoms with van der Waals surface area (Å²) in [6.45, 7) is 5.02. The number of hydrogen-bond donors (Lipinski definition) is 1. The van der Waals surface area contributed by atoms with E-state index in [2.05, 4.69) is 5.32 Å². The zero-order valence-electron chi connectivity index (χ0n) is 21.9. The maximum absolute atomic E-state index is 13.9. The Hall–Kier alpha value is -3.63. The van der Waals surface area contributed by atoms with Crippen molar-refractivity contribution in [1.82, 2.24) is 10.2 Å². The molecule has 0 fully saturated rings. The van der Waals surface area contributed by atoms with Crippen LogP contribution in [0.3, 0.4) is 0 Å². The number of hydrogen-bond acceptors (Lipinski definition) is 5. The first-order valence-corrected chi connectivity index (χ1v) is 14.2. The van der Waals surface area contributed by atoms with Gasteiger partial charge in [0.25, 0.3) is 10.0 Å². The van der Waals surface area contributed by atoms with E-state index < -0.39 is 40.2 Å². The Labute approximate surface area is 233 Å². The van der Waals surface area contributed by atoms with Crippen molar-refractivity contribution in [3.05, 3.63) is 89.2 Å². The number of likely N-dealkylation sites (N-methyl/N-ethyl adjacent to an activating group) is 1. The van der Waals surface area contributed by atoms with Crippen LogP contribution in [0.1, 0.15) is 26.3 Å². The molecule has 39 heavy (non-hydrogen) atoms. The van der Waals surface area contributed by atoms with E-state index in [1.165, 1.54) is 53.4 Å². The molecule has 0 heterocycles. The summed E-state index contributed by atoms with van der Waals surface area (Å²) in [5.74, 6) is -1.22. The van der Waals surface area contributed by atoms with Crippen LogP contribution in [0.2, 0.25) is 5.02 Å². The van der Waals surface area contributed by atoms with E-state index in [4.69, 9.17) is 16.3 Å². The van der Waals surface area contributed by atoms with Crippen LogP contribution in [-0.4, -0.2) is 50.9 Å². The Morgan fingerprint density at radius 1 is 1.00 bits per heavy atom. The number of ether oxygens (including phenoxy) is 1. The van der Waals surface area contributed by atoms with Crippen LogP contribution < -0.4 is 14.4 Å². The summed E-state index contributed by atoms with van der Waals surface area (Å²) in [7, 11) is -4.28. The fourth-order valence-corrected chi connectivity index (χ4v) is 5.43. The van der Waals surface area contributed by atoms with Gasteiger partial charge in [-0.15, -0.1) is 0 Å². The van der Waals surface area contributed by atoms with Crippen LogP contribution in [0.15, 0.2) is 77.7 Å². The maximum atomic E-state index is 13.9. The zero-order valence-corrected chi connectivity index (χ0v) is 23.5. The Bertz CT molecular complexity index is 1390. The minimum Gasteiger partial charge on any atom is -0.492 e. The average Bonchev–Trinajstić information content (AvgIpc) is 2.92. The normalized spacial score (nSPS) is 11.9. The molecule has 11 heteroatoms. The summed E-state index contributed by atoms with van der Waals surface area (Å²) >= 11 is 5.98. The molecule has 0 bridgehead atoms. The lowest BCUT2D eigenvalue weighted by Gasteiger charge is -2.32. The van der Waals surface area contributed by atoms with Gasteiger partial charge in [-0.25, -0.2) is 12.8 Å². The van der Waals surface area contributed by atoms with Crippen LogP contribution in [0.25, 0.3) is 0 Å². The van der Waals surface area contributed by atoms with Gasteiger partial charge >= 0.3 is 0 Å². The van der Waals surface area contributed by atoms with Crippen molar-refractivity contribution in [2.24, 2.45) is 0 Å². The highest BCUT2D eigenvalue weighted by Crippen LogP contribution is 2.33. The number of nitrogens with zero attached hydrogens (tertiary/aromatic N) is 2. The van der Waals surface area contributed by atoms with Crippen molar-refractivity contribution in [2.75, 3.05) is 24.0 Å². The predicted molar refractivity (Wildman–Crippen MR) is 149 cm³/mol. The van der Waals surface area contributed by atoms with Crippen molar-refractivity contribution >= 4 is 39.1 Å². The lowest BCUT2D eigenvalue weighted by atomic mass is 10.1. The zero-order chi connectivity index (χ0) is 28.6. The Balaban J connectivity index is 2.07. The molecule has 3 aromatic carbocycles. The monoisotopic (exact) mass is 575 g/mol. The minimum atomic E-state index is -4.28. The number of rotatable bonds is 12. The Morgan fingerprint density at radius 3 is 2.26 bits per heavy atom. The van der Waals surface area contributed by atoms with Crippen LogP contribution >= 0.6 is 11.6 Å². The van der Waals surface area contributed by atoms with Gasteiger partial charge in [-0.05, 0) is 74.9 Å². The molecule has 0 radical (unpaired) electrons. The van der Waals surface area contributed by atoms with E-state index in [1.807, 2.05) is 0 Å². The molecule has 1 atom stereocenters. The van der Waals surface area contributed by atoms with Crippen LogP contribution in [-0.2, 0) is 26.2 Å². The van der Waals surface area contributed by atoms with Crippen molar-refractivity contribution in [1.29, 1.82) is 0 Å². The first-order chi connectivity index (χ1) is 18.6. The third-order valence-electron chi connectivity index (χ3n) is 5.90. The van der Waals surface area contributed by atoms with Gasteiger partial charge in [-0.3, -0.25) is 13.9 Å². The van der Waals surface area contributed by atoms with Crippen LogP contribution in [0, 0.1) is 5.82 Å².